The fourth-order valence-electron chi connectivity index (χ4n) is 0.681. The first-order chi connectivity index (χ1) is 5.81. The third-order valence-electron chi connectivity index (χ3n) is 1.30. The molecule has 0 aromatic heterocycles. The molecule has 0 saturated carbocycles. The number of hydrogen-bond acceptors (Lipinski definition) is 2. The van der Waals surface area contributed by atoms with Gasteiger partial charge >= 0.3 is 5.97 Å². The quantitative estimate of drug-likeness (QED) is 0.276. The molecule has 0 rings (SSSR count). The summed E-state index contributed by atoms with van der Waals surface area (Å²) in [5.74, 6) is 5.47. The van der Waals surface area contributed by atoms with E-state index in [1.165, 1.54) is 13.2 Å². The third-order valence-corrected chi connectivity index (χ3v) is 1.30. The van der Waals surface area contributed by atoms with E-state index in [4.69, 9.17) is 0 Å². The number of unbranched alkanes of at least 4 members (excludes halogenated alkanes) is 2. The Kier molecular flexibility index (Phi) is 7.07. The van der Waals surface area contributed by atoms with Gasteiger partial charge in [-0.2, -0.15) is 0 Å². The molecule has 0 aromatic rings. The Morgan fingerprint density at radius 2 is 2.33 bits per heavy atom. The zero-order valence-corrected chi connectivity index (χ0v) is 7.59. The highest BCUT2D eigenvalue weighted by molar-refractivity contribution is 5.81. The minimum Gasteiger partial charge on any atom is -0.466 e. The Balaban J connectivity index is 3.34. The highest BCUT2D eigenvalue weighted by Crippen LogP contribution is 1.95. The van der Waals surface area contributed by atoms with Crippen molar-refractivity contribution in [2.24, 2.45) is 0 Å². The maximum Gasteiger partial charge on any atom is 0.330 e. The summed E-state index contributed by atoms with van der Waals surface area (Å²) in [6.45, 7) is 1.82. The highest BCUT2D eigenvalue weighted by atomic mass is 16.5. The van der Waals surface area contributed by atoms with Gasteiger partial charge in [0, 0.05) is 12.5 Å². The fourth-order valence-corrected chi connectivity index (χ4v) is 0.681. The molecule has 2 nitrogen and oxygen atoms in total. The molecule has 66 valence electrons. The second-order valence-electron chi connectivity index (χ2n) is 2.24. The first kappa shape index (κ1) is 10.8. The number of esters is 1. The number of carbonyl (C=O) groups excluding carboxylic acids is 1. The van der Waals surface area contributed by atoms with Crippen LogP contribution in [-0.4, -0.2) is 13.1 Å². The van der Waals surface area contributed by atoms with Crippen molar-refractivity contribution in [1.82, 2.24) is 0 Å². The molecule has 0 aliphatic heterocycles. The van der Waals surface area contributed by atoms with E-state index in [1.807, 2.05) is 13.0 Å². The van der Waals surface area contributed by atoms with Crippen molar-refractivity contribution in [2.45, 2.75) is 26.2 Å². The number of hydrogen-bond donors (Lipinski definition) is 0. The molecular formula is C10H14O2. The van der Waals surface area contributed by atoms with Crippen LogP contribution in [0.1, 0.15) is 26.2 Å². The molecule has 0 fully saturated rings. The molecule has 0 unspecified atom stereocenters. The van der Waals surface area contributed by atoms with Crippen molar-refractivity contribution in [3.63, 3.8) is 0 Å². The average Bonchev–Trinajstić information content (AvgIpc) is 2.10. The van der Waals surface area contributed by atoms with E-state index in [2.05, 4.69) is 16.6 Å². The van der Waals surface area contributed by atoms with Crippen LogP contribution in [0.2, 0.25) is 0 Å². The lowest BCUT2D eigenvalue weighted by Gasteiger charge is -1.89. The van der Waals surface area contributed by atoms with Crippen LogP contribution in [0.15, 0.2) is 12.2 Å². The average molecular weight is 166 g/mol. The van der Waals surface area contributed by atoms with Gasteiger partial charge in [-0.05, 0) is 19.8 Å². The zero-order valence-electron chi connectivity index (χ0n) is 7.59. The second kappa shape index (κ2) is 7.87. The Labute approximate surface area is 73.6 Å². The molecule has 0 aromatic carbocycles. The van der Waals surface area contributed by atoms with E-state index in [-0.39, 0.29) is 5.97 Å². The van der Waals surface area contributed by atoms with Crippen LogP contribution < -0.4 is 0 Å². The molecule has 2 heteroatoms. The van der Waals surface area contributed by atoms with Crippen LogP contribution in [0.5, 0.6) is 0 Å². The molecular weight excluding hydrogens is 152 g/mol. The lowest BCUT2D eigenvalue weighted by Crippen LogP contribution is -1.93. The Hall–Kier alpha value is -1.23. The van der Waals surface area contributed by atoms with E-state index >= 15 is 0 Å². The summed E-state index contributed by atoms with van der Waals surface area (Å²) < 4.78 is 4.42. The summed E-state index contributed by atoms with van der Waals surface area (Å²) in [5, 5.41) is 0. The van der Waals surface area contributed by atoms with Crippen LogP contribution in [0.4, 0.5) is 0 Å². The number of carbonyl (C=O) groups is 1. The summed E-state index contributed by atoms with van der Waals surface area (Å²) in [6.07, 6.45) is 6.02. The van der Waals surface area contributed by atoms with Gasteiger partial charge in [-0.15, -0.1) is 11.8 Å². The summed E-state index contributed by atoms with van der Waals surface area (Å²) in [6, 6.07) is 0. The Morgan fingerprint density at radius 1 is 1.58 bits per heavy atom. The first-order valence-corrected chi connectivity index (χ1v) is 3.95. The Morgan fingerprint density at radius 3 is 2.92 bits per heavy atom. The molecule has 0 saturated heterocycles. The second-order valence-corrected chi connectivity index (χ2v) is 2.24. The van der Waals surface area contributed by atoms with Crippen LogP contribution in [0.25, 0.3) is 0 Å². The number of ether oxygens (including phenoxy) is 1. The molecule has 0 amide bonds. The lowest BCUT2D eigenvalue weighted by atomic mass is 10.2. The molecule has 0 atom stereocenters. The van der Waals surface area contributed by atoms with Crippen molar-refractivity contribution in [3.05, 3.63) is 12.2 Å². The standard InChI is InChI=1S/C10H14O2/c1-3-4-5-6-7-8-9-10(11)12-2/h8-9H,5-7H2,1-2H3/b9-8+. The van der Waals surface area contributed by atoms with Gasteiger partial charge < -0.3 is 4.74 Å². The topological polar surface area (TPSA) is 26.3 Å². The number of allylic oxidation sites excluding steroid dienone is 1. The maximum absolute atomic E-state index is 10.6. The predicted octanol–water partition coefficient (Wildman–Crippen LogP) is 1.91. The molecule has 0 bridgehead atoms. The van der Waals surface area contributed by atoms with Crippen molar-refractivity contribution >= 4 is 5.97 Å². The van der Waals surface area contributed by atoms with Gasteiger partial charge in [0.05, 0.1) is 7.11 Å². The van der Waals surface area contributed by atoms with E-state index in [0.717, 1.165) is 19.3 Å². The predicted molar refractivity (Wildman–Crippen MR) is 48.5 cm³/mol. The van der Waals surface area contributed by atoms with E-state index < -0.39 is 0 Å². The van der Waals surface area contributed by atoms with Crippen molar-refractivity contribution in [1.29, 1.82) is 0 Å². The van der Waals surface area contributed by atoms with Gasteiger partial charge in [0.25, 0.3) is 0 Å². The van der Waals surface area contributed by atoms with Gasteiger partial charge in [-0.1, -0.05) is 6.08 Å². The van der Waals surface area contributed by atoms with Gasteiger partial charge in [0.15, 0.2) is 0 Å². The molecule has 0 aliphatic rings. The normalized spacial score (nSPS) is 9.17. The van der Waals surface area contributed by atoms with Gasteiger partial charge in [-0.3, -0.25) is 0 Å². The van der Waals surface area contributed by atoms with Crippen LogP contribution in [0, 0.1) is 11.8 Å². The van der Waals surface area contributed by atoms with Gasteiger partial charge in [0.2, 0.25) is 0 Å². The van der Waals surface area contributed by atoms with Crippen LogP contribution >= 0.6 is 0 Å². The minimum absolute atomic E-state index is 0.295. The van der Waals surface area contributed by atoms with Crippen molar-refractivity contribution in [2.75, 3.05) is 7.11 Å². The number of rotatable bonds is 4. The lowest BCUT2D eigenvalue weighted by molar-refractivity contribution is -0.134. The minimum atomic E-state index is -0.295. The molecule has 0 radical (unpaired) electrons. The van der Waals surface area contributed by atoms with E-state index in [0.29, 0.717) is 0 Å². The monoisotopic (exact) mass is 166 g/mol. The SMILES string of the molecule is CC#CCCC/C=C/C(=O)OC. The summed E-state index contributed by atoms with van der Waals surface area (Å²) >= 11 is 0. The van der Waals surface area contributed by atoms with Crippen LogP contribution in [0.3, 0.4) is 0 Å². The smallest absolute Gasteiger partial charge is 0.330 e. The number of methoxy groups -OCH3 is 1. The fraction of sp³-hybridized carbons (Fsp3) is 0.500. The summed E-state index contributed by atoms with van der Waals surface area (Å²) in [4.78, 5) is 10.6. The van der Waals surface area contributed by atoms with E-state index in [9.17, 15) is 4.79 Å². The van der Waals surface area contributed by atoms with Gasteiger partial charge in [-0.25, -0.2) is 4.79 Å². The maximum atomic E-state index is 10.6. The molecule has 0 aliphatic carbocycles. The van der Waals surface area contributed by atoms with Crippen molar-refractivity contribution in [3.8, 4) is 11.8 Å². The largest absolute Gasteiger partial charge is 0.466 e. The summed E-state index contributed by atoms with van der Waals surface area (Å²) in [5.41, 5.74) is 0. The molecule has 0 spiro atoms. The molecule has 12 heavy (non-hydrogen) atoms. The molecule has 0 N–H and O–H groups in total. The zero-order chi connectivity index (χ0) is 9.23. The molecule has 0 heterocycles. The first-order valence-electron chi connectivity index (χ1n) is 3.95. The van der Waals surface area contributed by atoms with E-state index in [1.54, 1.807) is 0 Å². The highest BCUT2D eigenvalue weighted by Gasteiger charge is 1.88. The van der Waals surface area contributed by atoms with Crippen molar-refractivity contribution < 1.29 is 9.53 Å². The third kappa shape index (κ3) is 6.88. The Bertz CT molecular complexity index is 206. The summed E-state index contributed by atoms with van der Waals surface area (Å²) in [7, 11) is 1.37. The van der Waals surface area contributed by atoms with Crippen LogP contribution in [-0.2, 0) is 9.53 Å². The van der Waals surface area contributed by atoms with Gasteiger partial charge in [0.1, 0.15) is 0 Å².